The first-order chi connectivity index (χ1) is 12.9. The molecular formula is C21H25N3O2. The topological polar surface area (TPSA) is 61.0 Å². The highest BCUT2D eigenvalue weighted by atomic mass is 16.5. The monoisotopic (exact) mass is 351 g/mol. The predicted molar refractivity (Wildman–Crippen MR) is 102 cm³/mol. The van der Waals surface area contributed by atoms with Gasteiger partial charge in [-0.2, -0.15) is 0 Å². The van der Waals surface area contributed by atoms with E-state index < -0.39 is 0 Å². The van der Waals surface area contributed by atoms with Crippen molar-refractivity contribution >= 4 is 0 Å². The summed E-state index contributed by atoms with van der Waals surface area (Å²) in [7, 11) is 0. The quantitative estimate of drug-likeness (QED) is 0.449. The van der Waals surface area contributed by atoms with E-state index in [2.05, 4.69) is 22.1 Å². The van der Waals surface area contributed by atoms with Gasteiger partial charge in [0.25, 0.3) is 0 Å². The third kappa shape index (κ3) is 5.15. The summed E-state index contributed by atoms with van der Waals surface area (Å²) in [6, 6.07) is 11.5. The van der Waals surface area contributed by atoms with E-state index in [9.17, 15) is 0 Å². The highest BCUT2D eigenvalue weighted by Crippen LogP contribution is 2.25. The molecule has 3 rings (SSSR count). The Morgan fingerprint density at radius 3 is 2.08 bits per heavy atom. The summed E-state index contributed by atoms with van der Waals surface area (Å²) in [4.78, 5) is 3.99. The molecule has 2 aromatic heterocycles. The number of aromatic nitrogens is 3. The molecule has 5 nitrogen and oxygen atoms in total. The Morgan fingerprint density at radius 2 is 1.38 bits per heavy atom. The van der Waals surface area contributed by atoms with E-state index in [0.29, 0.717) is 11.8 Å². The molecule has 0 aliphatic heterocycles. The smallest absolute Gasteiger partial charge is 0.248 e. The zero-order valence-corrected chi connectivity index (χ0v) is 15.2. The average Bonchev–Trinajstić information content (AvgIpc) is 3.19. The van der Waals surface area contributed by atoms with E-state index >= 15 is 0 Å². The fourth-order valence-corrected chi connectivity index (χ4v) is 2.72. The van der Waals surface area contributed by atoms with Crippen molar-refractivity contribution in [2.24, 2.45) is 0 Å². The Hall–Kier alpha value is -2.69. The van der Waals surface area contributed by atoms with Gasteiger partial charge in [0.05, 0.1) is 6.61 Å². The lowest BCUT2D eigenvalue weighted by atomic mass is 10.1. The molecule has 0 atom stereocenters. The van der Waals surface area contributed by atoms with Crippen molar-refractivity contribution in [3.63, 3.8) is 0 Å². The van der Waals surface area contributed by atoms with E-state index in [1.807, 2.05) is 36.4 Å². The van der Waals surface area contributed by atoms with Gasteiger partial charge in [0.15, 0.2) is 0 Å². The van der Waals surface area contributed by atoms with Gasteiger partial charge in [-0.1, -0.05) is 39.0 Å². The van der Waals surface area contributed by atoms with E-state index in [-0.39, 0.29) is 0 Å². The molecule has 0 aliphatic rings. The average molecular weight is 351 g/mol. The summed E-state index contributed by atoms with van der Waals surface area (Å²) in [5.41, 5.74) is 1.74. The van der Waals surface area contributed by atoms with Gasteiger partial charge in [0, 0.05) is 23.5 Å². The summed E-state index contributed by atoms with van der Waals surface area (Å²) in [6.07, 6.45) is 11.0. The highest BCUT2D eigenvalue weighted by molar-refractivity contribution is 5.58. The molecule has 0 fully saturated rings. The standard InChI is InChI=1S/C21H25N3O2/c1-2-3-4-5-6-7-16-25-19-10-8-17(9-11-19)20-23-24-21(26-20)18-12-14-22-15-13-18/h8-15H,2-7,16H2,1H3. The maximum absolute atomic E-state index is 5.80. The number of pyridine rings is 1. The first kappa shape index (κ1) is 18.1. The van der Waals surface area contributed by atoms with Crippen LogP contribution in [0, 0.1) is 0 Å². The maximum atomic E-state index is 5.80. The third-order valence-corrected chi connectivity index (χ3v) is 4.22. The molecule has 0 radical (unpaired) electrons. The molecule has 0 amide bonds. The second kappa shape index (κ2) is 9.70. The molecule has 136 valence electrons. The highest BCUT2D eigenvalue weighted by Gasteiger charge is 2.10. The van der Waals surface area contributed by atoms with Crippen molar-refractivity contribution in [1.29, 1.82) is 0 Å². The normalized spacial score (nSPS) is 10.8. The molecule has 0 aliphatic carbocycles. The molecule has 1 aromatic carbocycles. The number of ether oxygens (including phenoxy) is 1. The van der Waals surface area contributed by atoms with Gasteiger partial charge in [0.1, 0.15) is 5.75 Å². The van der Waals surface area contributed by atoms with Crippen LogP contribution in [0.5, 0.6) is 5.75 Å². The van der Waals surface area contributed by atoms with Crippen molar-refractivity contribution in [1.82, 2.24) is 15.2 Å². The van der Waals surface area contributed by atoms with Gasteiger partial charge in [0.2, 0.25) is 11.8 Å². The Kier molecular flexibility index (Phi) is 6.76. The molecule has 0 saturated heterocycles. The molecular weight excluding hydrogens is 326 g/mol. The van der Waals surface area contributed by atoms with E-state index in [4.69, 9.17) is 9.15 Å². The summed E-state index contributed by atoms with van der Waals surface area (Å²) in [5, 5.41) is 8.23. The van der Waals surface area contributed by atoms with Gasteiger partial charge in [-0.15, -0.1) is 10.2 Å². The lowest BCUT2D eigenvalue weighted by Crippen LogP contribution is -1.97. The van der Waals surface area contributed by atoms with Gasteiger partial charge >= 0.3 is 0 Å². The zero-order chi connectivity index (χ0) is 18.0. The Morgan fingerprint density at radius 1 is 0.769 bits per heavy atom. The number of benzene rings is 1. The van der Waals surface area contributed by atoms with Crippen LogP contribution in [0.15, 0.2) is 53.2 Å². The van der Waals surface area contributed by atoms with Crippen molar-refractivity contribution < 1.29 is 9.15 Å². The fraction of sp³-hybridized carbons (Fsp3) is 0.381. The summed E-state index contributed by atoms with van der Waals surface area (Å²) < 4.78 is 11.6. The van der Waals surface area contributed by atoms with Crippen LogP contribution in [0.25, 0.3) is 22.9 Å². The van der Waals surface area contributed by atoms with Gasteiger partial charge in [-0.25, -0.2) is 0 Å². The molecule has 0 N–H and O–H groups in total. The van der Waals surface area contributed by atoms with Gasteiger partial charge in [-0.3, -0.25) is 4.98 Å². The lowest BCUT2D eigenvalue weighted by Gasteiger charge is -2.06. The second-order valence-corrected chi connectivity index (χ2v) is 6.29. The van der Waals surface area contributed by atoms with Crippen LogP contribution in [0.1, 0.15) is 45.4 Å². The number of hydrogen-bond acceptors (Lipinski definition) is 5. The van der Waals surface area contributed by atoms with Crippen LogP contribution >= 0.6 is 0 Å². The number of rotatable bonds is 10. The largest absolute Gasteiger partial charge is 0.494 e. The van der Waals surface area contributed by atoms with Gasteiger partial charge in [-0.05, 0) is 42.8 Å². The summed E-state index contributed by atoms with van der Waals surface area (Å²) >= 11 is 0. The Balaban J connectivity index is 1.49. The first-order valence-electron chi connectivity index (χ1n) is 9.34. The van der Waals surface area contributed by atoms with Crippen LogP contribution in [0.2, 0.25) is 0 Å². The van der Waals surface area contributed by atoms with Crippen molar-refractivity contribution in [2.75, 3.05) is 6.61 Å². The minimum atomic E-state index is 0.491. The Bertz CT molecular complexity index is 769. The molecule has 3 aromatic rings. The molecule has 26 heavy (non-hydrogen) atoms. The fourth-order valence-electron chi connectivity index (χ4n) is 2.72. The van der Waals surface area contributed by atoms with Crippen LogP contribution in [0.3, 0.4) is 0 Å². The lowest BCUT2D eigenvalue weighted by molar-refractivity contribution is 0.304. The molecule has 2 heterocycles. The number of hydrogen-bond donors (Lipinski definition) is 0. The Labute approximate surface area is 154 Å². The van der Waals surface area contributed by atoms with Crippen LogP contribution < -0.4 is 4.74 Å². The minimum Gasteiger partial charge on any atom is -0.494 e. The molecule has 0 unspecified atom stereocenters. The first-order valence-corrected chi connectivity index (χ1v) is 9.34. The predicted octanol–water partition coefficient (Wildman–Crippen LogP) is 5.54. The molecule has 5 heteroatoms. The van der Waals surface area contributed by atoms with Crippen molar-refractivity contribution in [3.05, 3.63) is 48.8 Å². The molecule has 0 spiro atoms. The van der Waals surface area contributed by atoms with Crippen molar-refractivity contribution in [3.8, 4) is 28.7 Å². The number of nitrogens with zero attached hydrogens (tertiary/aromatic N) is 3. The molecule has 0 bridgehead atoms. The van der Waals surface area contributed by atoms with Crippen molar-refractivity contribution in [2.45, 2.75) is 45.4 Å². The third-order valence-electron chi connectivity index (χ3n) is 4.22. The van der Waals surface area contributed by atoms with Gasteiger partial charge < -0.3 is 9.15 Å². The SMILES string of the molecule is CCCCCCCCOc1ccc(-c2nnc(-c3ccncc3)o2)cc1. The zero-order valence-electron chi connectivity index (χ0n) is 15.2. The maximum Gasteiger partial charge on any atom is 0.248 e. The van der Waals surface area contributed by atoms with Crippen LogP contribution in [-0.4, -0.2) is 21.8 Å². The second-order valence-electron chi connectivity index (χ2n) is 6.29. The number of unbranched alkanes of at least 4 members (excludes halogenated alkanes) is 5. The summed E-state index contributed by atoms with van der Waals surface area (Å²) in [5.74, 6) is 1.86. The minimum absolute atomic E-state index is 0.491. The molecule has 0 saturated carbocycles. The van der Waals surface area contributed by atoms with Crippen LogP contribution in [-0.2, 0) is 0 Å². The van der Waals surface area contributed by atoms with E-state index in [1.165, 1.54) is 32.1 Å². The van der Waals surface area contributed by atoms with E-state index in [1.54, 1.807) is 12.4 Å². The summed E-state index contributed by atoms with van der Waals surface area (Å²) in [6.45, 7) is 3.00. The van der Waals surface area contributed by atoms with E-state index in [0.717, 1.165) is 29.9 Å². The van der Waals surface area contributed by atoms with Crippen LogP contribution in [0.4, 0.5) is 0 Å².